The molecule has 118 valence electrons. The molecule has 0 unspecified atom stereocenters. The third kappa shape index (κ3) is 4.71. The van der Waals surface area contributed by atoms with E-state index in [1.165, 1.54) is 19.2 Å². The van der Waals surface area contributed by atoms with E-state index in [0.29, 0.717) is 5.69 Å². The Balaban J connectivity index is 2.92. The number of amides is 1. The summed E-state index contributed by atoms with van der Waals surface area (Å²) in [5.41, 5.74) is 6.55. The molecule has 1 rings (SSSR count). The van der Waals surface area contributed by atoms with Gasteiger partial charge in [-0.15, -0.1) is 0 Å². The minimum absolute atomic E-state index is 0.0802. The topological polar surface area (TPSA) is 92.5 Å². The molecule has 0 radical (unpaired) electrons. The zero-order valence-electron chi connectivity index (χ0n) is 13.1. The van der Waals surface area contributed by atoms with Crippen molar-refractivity contribution in [2.45, 2.75) is 38.1 Å². The molecule has 0 aromatic heterocycles. The molecule has 1 amide bonds. The highest BCUT2D eigenvalue weighted by atomic mass is 32.2. The molecule has 0 aliphatic carbocycles. The minimum atomic E-state index is -3.74. The summed E-state index contributed by atoms with van der Waals surface area (Å²) in [6.45, 7) is 7.06. The molecule has 1 aromatic carbocycles. The number of nitrogen functional groups attached to an aromatic ring is 1. The molecular weight excluding hydrogens is 290 g/mol. The predicted octanol–water partition coefficient (Wildman–Crippen LogP) is 1.11. The normalized spacial score (nSPS) is 12.5. The molecule has 6 nitrogen and oxygen atoms in total. The molecule has 0 bridgehead atoms. The van der Waals surface area contributed by atoms with Crippen molar-refractivity contribution < 1.29 is 13.2 Å². The van der Waals surface area contributed by atoms with Gasteiger partial charge in [0.15, 0.2) is 0 Å². The number of nitrogens with zero attached hydrogens (tertiary/aromatic N) is 1. The van der Waals surface area contributed by atoms with Crippen molar-refractivity contribution in [3.8, 4) is 0 Å². The van der Waals surface area contributed by atoms with E-state index in [1.54, 1.807) is 13.0 Å². The number of aryl methyl sites for hydroxylation is 1. The van der Waals surface area contributed by atoms with Crippen molar-refractivity contribution in [3.63, 3.8) is 0 Å². The lowest BCUT2D eigenvalue weighted by Gasteiger charge is -2.23. The fourth-order valence-electron chi connectivity index (χ4n) is 1.70. The van der Waals surface area contributed by atoms with Gasteiger partial charge in [0, 0.05) is 18.3 Å². The van der Waals surface area contributed by atoms with Crippen molar-refractivity contribution in [2.75, 3.05) is 19.3 Å². The van der Waals surface area contributed by atoms with Crippen LogP contribution in [0.1, 0.15) is 26.3 Å². The minimum Gasteiger partial charge on any atom is -0.398 e. The van der Waals surface area contributed by atoms with Gasteiger partial charge in [-0.05, 0) is 45.4 Å². The lowest BCUT2D eigenvalue weighted by atomic mass is 10.1. The molecule has 3 N–H and O–H groups in total. The van der Waals surface area contributed by atoms with Gasteiger partial charge in [0.25, 0.3) is 0 Å². The summed E-state index contributed by atoms with van der Waals surface area (Å²) in [6, 6.07) is 4.54. The maximum absolute atomic E-state index is 12.4. The molecule has 1 aromatic rings. The van der Waals surface area contributed by atoms with Crippen molar-refractivity contribution in [1.29, 1.82) is 0 Å². The van der Waals surface area contributed by atoms with Gasteiger partial charge in [0.05, 0.1) is 11.4 Å². The van der Waals surface area contributed by atoms with E-state index in [4.69, 9.17) is 5.73 Å². The Bertz CT molecular complexity index is 633. The number of benzene rings is 1. The Hall–Kier alpha value is -1.60. The first-order valence-electron chi connectivity index (χ1n) is 6.57. The molecule has 7 heteroatoms. The quantitative estimate of drug-likeness (QED) is 0.815. The number of anilines is 1. The summed E-state index contributed by atoms with van der Waals surface area (Å²) in [5, 5.41) is 2.72. The van der Waals surface area contributed by atoms with Gasteiger partial charge in [0.2, 0.25) is 15.9 Å². The largest absolute Gasteiger partial charge is 0.398 e. The summed E-state index contributed by atoms with van der Waals surface area (Å²) in [7, 11) is -2.37. The number of hydrogen-bond acceptors (Lipinski definition) is 4. The summed E-state index contributed by atoms with van der Waals surface area (Å²) >= 11 is 0. The van der Waals surface area contributed by atoms with Crippen molar-refractivity contribution in [1.82, 2.24) is 9.62 Å². The van der Waals surface area contributed by atoms with Gasteiger partial charge in [-0.2, -0.15) is 4.31 Å². The Labute approximate surface area is 126 Å². The van der Waals surface area contributed by atoms with Gasteiger partial charge >= 0.3 is 0 Å². The predicted molar refractivity (Wildman–Crippen MR) is 83.3 cm³/mol. The van der Waals surface area contributed by atoms with E-state index in [2.05, 4.69) is 5.32 Å². The third-order valence-corrected chi connectivity index (χ3v) is 4.64. The number of nitrogens with two attached hydrogens (primary N) is 1. The van der Waals surface area contributed by atoms with E-state index in [0.717, 1.165) is 9.87 Å². The van der Waals surface area contributed by atoms with Crippen LogP contribution in [0.2, 0.25) is 0 Å². The van der Waals surface area contributed by atoms with Crippen LogP contribution in [0.4, 0.5) is 5.69 Å². The molecule has 0 spiro atoms. The van der Waals surface area contributed by atoms with Crippen LogP contribution in [0.5, 0.6) is 0 Å². The lowest BCUT2D eigenvalue weighted by Crippen LogP contribution is -2.46. The highest BCUT2D eigenvalue weighted by molar-refractivity contribution is 7.89. The lowest BCUT2D eigenvalue weighted by molar-refractivity contribution is -0.122. The molecular formula is C14H23N3O3S. The first kappa shape index (κ1) is 17.5. The van der Waals surface area contributed by atoms with Crippen LogP contribution in [-0.2, 0) is 14.8 Å². The molecule has 0 saturated heterocycles. The Kier molecular flexibility index (Phi) is 5.01. The van der Waals surface area contributed by atoms with Gasteiger partial charge in [0.1, 0.15) is 0 Å². The highest BCUT2D eigenvalue weighted by Gasteiger charge is 2.24. The van der Waals surface area contributed by atoms with Crippen LogP contribution in [0.25, 0.3) is 0 Å². The first-order valence-corrected chi connectivity index (χ1v) is 8.01. The Morgan fingerprint density at radius 3 is 2.38 bits per heavy atom. The number of likely N-dealkylation sites (N-methyl/N-ethyl adjacent to an activating group) is 1. The van der Waals surface area contributed by atoms with E-state index in [1.807, 2.05) is 20.8 Å². The van der Waals surface area contributed by atoms with E-state index in [9.17, 15) is 13.2 Å². The zero-order chi connectivity index (χ0) is 16.4. The SMILES string of the molecule is Cc1ccc(S(=O)(=O)N(C)CC(=O)NC(C)(C)C)cc1N. The number of carbonyl (C=O) groups is 1. The summed E-state index contributed by atoms with van der Waals surface area (Å²) in [4.78, 5) is 11.9. The molecule has 0 fully saturated rings. The van der Waals surface area contributed by atoms with Gasteiger partial charge < -0.3 is 11.1 Å². The standard InChI is InChI=1S/C14H23N3O3S/c1-10-6-7-11(8-12(10)15)21(19,20)17(5)9-13(18)16-14(2,3)4/h6-8H,9,15H2,1-5H3,(H,16,18). The summed E-state index contributed by atoms with van der Waals surface area (Å²) < 4.78 is 25.8. The fourth-order valence-corrected chi connectivity index (χ4v) is 2.87. The second-order valence-electron chi connectivity index (χ2n) is 6.08. The summed E-state index contributed by atoms with van der Waals surface area (Å²) in [6.07, 6.45) is 0. The molecule has 0 saturated carbocycles. The maximum atomic E-state index is 12.4. The highest BCUT2D eigenvalue weighted by Crippen LogP contribution is 2.19. The van der Waals surface area contributed by atoms with Gasteiger partial charge in [-0.1, -0.05) is 6.07 Å². The molecule has 0 heterocycles. The van der Waals surface area contributed by atoms with Crippen LogP contribution in [0.3, 0.4) is 0 Å². The molecule has 0 aliphatic heterocycles. The van der Waals surface area contributed by atoms with Crippen LogP contribution in [0.15, 0.2) is 23.1 Å². The fraction of sp³-hybridized carbons (Fsp3) is 0.500. The number of carbonyl (C=O) groups excluding carboxylic acids is 1. The average molecular weight is 313 g/mol. The van der Waals surface area contributed by atoms with Crippen molar-refractivity contribution >= 4 is 21.6 Å². The molecule has 0 aliphatic rings. The van der Waals surface area contributed by atoms with E-state index < -0.39 is 15.6 Å². The van der Waals surface area contributed by atoms with E-state index in [-0.39, 0.29) is 17.3 Å². The van der Waals surface area contributed by atoms with Crippen molar-refractivity contribution in [2.24, 2.45) is 0 Å². The van der Waals surface area contributed by atoms with Crippen LogP contribution in [-0.4, -0.2) is 37.8 Å². The molecule has 21 heavy (non-hydrogen) atoms. The van der Waals surface area contributed by atoms with Gasteiger partial charge in [-0.3, -0.25) is 4.79 Å². The maximum Gasteiger partial charge on any atom is 0.243 e. The van der Waals surface area contributed by atoms with Crippen LogP contribution >= 0.6 is 0 Å². The van der Waals surface area contributed by atoms with E-state index >= 15 is 0 Å². The van der Waals surface area contributed by atoms with Crippen molar-refractivity contribution in [3.05, 3.63) is 23.8 Å². The number of rotatable bonds is 4. The number of hydrogen-bond donors (Lipinski definition) is 2. The Morgan fingerprint density at radius 1 is 1.33 bits per heavy atom. The van der Waals surface area contributed by atoms with Crippen LogP contribution in [0, 0.1) is 6.92 Å². The monoisotopic (exact) mass is 313 g/mol. The third-order valence-electron chi connectivity index (χ3n) is 2.84. The first-order chi connectivity index (χ1) is 9.43. The smallest absolute Gasteiger partial charge is 0.243 e. The average Bonchev–Trinajstić information content (AvgIpc) is 2.29. The molecule has 0 atom stereocenters. The Morgan fingerprint density at radius 2 is 1.90 bits per heavy atom. The second kappa shape index (κ2) is 6.03. The van der Waals surface area contributed by atoms with Gasteiger partial charge in [-0.25, -0.2) is 8.42 Å². The van der Waals surface area contributed by atoms with Crippen LogP contribution < -0.4 is 11.1 Å². The number of sulfonamides is 1. The number of nitrogens with one attached hydrogen (secondary N) is 1. The zero-order valence-corrected chi connectivity index (χ0v) is 13.9. The summed E-state index contributed by atoms with van der Waals surface area (Å²) in [5.74, 6) is -0.353. The second-order valence-corrected chi connectivity index (χ2v) is 8.12.